The number of carbonyl (C=O) groups is 1. The van der Waals surface area contributed by atoms with Crippen molar-refractivity contribution in [1.82, 2.24) is 14.5 Å². The SMILES string of the molecule is NOC1CN(c2nc3c(cc2F)c(=O)c(C(=O)O)cn3-c2nccs2)C1. The van der Waals surface area contributed by atoms with Gasteiger partial charge in [0.25, 0.3) is 0 Å². The van der Waals surface area contributed by atoms with E-state index in [4.69, 9.17) is 5.90 Å². The van der Waals surface area contributed by atoms with E-state index >= 15 is 0 Å². The summed E-state index contributed by atoms with van der Waals surface area (Å²) in [4.78, 5) is 38.5. The molecule has 0 aromatic carbocycles. The van der Waals surface area contributed by atoms with E-state index in [0.29, 0.717) is 18.2 Å². The van der Waals surface area contributed by atoms with Crippen LogP contribution in [0.2, 0.25) is 0 Å². The zero-order chi connectivity index (χ0) is 18.4. The third kappa shape index (κ3) is 2.53. The van der Waals surface area contributed by atoms with Crippen molar-refractivity contribution in [3.05, 3.63) is 45.4 Å². The van der Waals surface area contributed by atoms with Crippen LogP contribution >= 0.6 is 11.3 Å². The highest BCUT2D eigenvalue weighted by molar-refractivity contribution is 7.12. The first-order chi connectivity index (χ1) is 12.5. The molecule has 26 heavy (non-hydrogen) atoms. The van der Waals surface area contributed by atoms with Gasteiger partial charge in [-0.25, -0.2) is 25.0 Å². The highest BCUT2D eigenvalue weighted by atomic mass is 32.1. The summed E-state index contributed by atoms with van der Waals surface area (Å²) in [6.07, 6.45) is 2.47. The molecule has 0 radical (unpaired) electrons. The summed E-state index contributed by atoms with van der Waals surface area (Å²) < 4.78 is 15.9. The Balaban J connectivity index is 1.97. The van der Waals surface area contributed by atoms with Crippen LogP contribution in [0.3, 0.4) is 0 Å². The van der Waals surface area contributed by atoms with Crippen LogP contribution in [0.25, 0.3) is 16.2 Å². The van der Waals surface area contributed by atoms with Crippen molar-refractivity contribution in [3.63, 3.8) is 0 Å². The minimum atomic E-state index is -1.41. The second-order valence-corrected chi connectivity index (χ2v) is 6.56. The molecular weight excluding hydrogens is 365 g/mol. The molecule has 3 N–H and O–H groups in total. The maximum absolute atomic E-state index is 14.5. The highest BCUT2D eigenvalue weighted by Gasteiger charge is 2.31. The van der Waals surface area contributed by atoms with E-state index in [9.17, 15) is 19.1 Å². The van der Waals surface area contributed by atoms with Crippen molar-refractivity contribution in [1.29, 1.82) is 0 Å². The first-order valence-corrected chi connectivity index (χ1v) is 8.37. The third-order valence-corrected chi connectivity index (χ3v) is 4.88. The Morgan fingerprint density at radius 3 is 2.85 bits per heavy atom. The van der Waals surface area contributed by atoms with Crippen LogP contribution in [0.1, 0.15) is 10.4 Å². The molecule has 0 aliphatic carbocycles. The predicted molar refractivity (Wildman–Crippen MR) is 91.2 cm³/mol. The summed E-state index contributed by atoms with van der Waals surface area (Å²) in [5.41, 5.74) is -1.16. The number of hydrogen-bond donors (Lipinski definition) is 2. The summed E-state index contributed by atoms with van der Waals surface area (Å²) in [6, 6.07) is 1.01. The number of thiazole rings is 1. The maximum atomic E-state index is 14.5. The van der Waals surface area contributed by atoms with E-state index in [2.05, 4.69) is 14.8 Å². The molecule has 0 atom stereocenters. The van der Waals surface area contributed by atoms with Gasteiger partial charge >= 0.3 is 5.97 Å². The lowest BCUT2D eigenvalue weighted by Crippen LogP contribution is -2.54. The molecule has 4 rings (SSSR count). The number of hydrogen-bond acceptors (Lipinski definition) is 8. The molecular formula is C15H12FN5O4S. The van der Waals surface area contributed by atoms with E-state index in [1.807, 2.05) is 0 Å². The molecule has 1 fully saturated rings. The average molecular weight is 377 g/mol. The molecule has 3 aromatic rings. The maximum Gasteiger partial charge on any atom is 0.341 e. The second kappa shape index (κ2) is 6.12. The Labute approximate surface area is 149 Å². The fraction of sp³-hybridized carbons (Fsp3) is 0.200. The van der Waals surface area contributed by atoms with Crippen molar-refractivity contribution < 1.29 is 19.1 Å². The van der Waals surface area contributed by atoms with Gasteiger partial charge in [-0.1, -0.05) is 0 Å². The second-order valence-electron chi connectivity index (χ2n) is 5.69. The van der Waals surface area contributed by atoms with Gasteiger partial charge in [-0.15, -0.1) is 11.3 Å². The normalized spacial score (nSPS) is 14.6. The summed E-state index contributed by atoms with van der Waals surface area (Å²) in [6.45, 7) is 0.723. The van der Waals surface area contributed by atoms with Crippen molar-refractivity contribution in [2.45, 2.75) is 6.10 Å². The Morgan fingerprint density at radius 2 is 2.23 bits per heavy atom. The molecule has 1 aliphatic heterocycles. The molecule has 134 valence electrons. The van der Waals surface area contributed by atoms with Crippen LogP contribution in [0, 0.1) is 5.82 Å². The first-order valence-electron chi connectivity index (χ1n) is 7.49. The van der Waals surface area contributed by atoms with E-state index in [1.54, 1.807) is 10.3 Å². The molecule has 0 amide bonds. The predicted octanol–water partition coefficient (Wildman–Crippen LogP) is 0.758. The summed E-state index contributed by atoms with van der Waals surface area (Å²) >= 11 is 1.23. The number of aromatic nitrogens is 3. The van der Waals surface area contributed by atoms with Gasteiger partial charge in [-0.2, -0.15) is 0 Å². The summed E-state index contributed by atoms with van der Waals surface area (Å²) in [5, 5.41) is 11.3. The van der Waals surface area contributed by atoms with Gasteiger partial charge in [0.1, 0.15) is 11.7 Å². The quantitative estimate of drug-likeness (QED) is 0.639. The molecule has 0 saturated carbocycles. The molecule has 3 aromatic heterocycles. The van der Waals surface area contributed by atoms with Crippen LogP contribution in [-0.2, 0) is 4.84 Å². The number of nitrogens with two attached hydrogens (primary N) is 1. The zero-order valence-corrected chi connectivity index (χ0v) is 13.9. The molecule has 4 heterocycles. The molecule has 0 bridgehead atoms. The van der Waals surface area contributed by atoms with Crippen molar-refractivity contribution >= 4 is 34.2 Å². The van der Waals surface area contributed by atoms with Crippen molar-refractivity contribution in [3.8, 4) is 5.13 Å². The lowest BCUT2D eigenvalue weighted by molar-refractivity contribution is 0.0333. The number of anilines is 1. The Morgan fingerprint density at radius 1 is 1.46 bits per heavy atom. The lowest BCUT2D eigenvalue weighted by atomic mass is 10.1. The number of nitrogens with zero attached hydrogens (tertiary/aromatic N) is 4. The van der Waals surface area contributed by atoms with E-state index in [0.717, 1.165) is 12.3 Å². The minimum Gasteiger partial charge on any atom is -0.477 e. The topological polar surface area (TPSA) is 124 Å². The largest absolute Gasteiger partial charge is 0.477 e. The van der Waals surface area contributed by atoms with Crippen molar-refractivity contribution in [2.75, 3.05) is 18.0 Å². The minimum absolute atomic E-state index is 0.0404. The Kier molecular flexibility index (Phi) is 3.90. The number of aromatic carboxylic acids is 1. The van der Waals surface area contributed by atoms with Gasteiger partial charge in [0.2, 0.25) is 5.43 Å². The molecule has 11 heteroatoms. The fourth-order valence-corrected chi connectivity index (χ4v) is 3.38. The number of rotatable bonds is 4. The number of carboxylic acids is 1. The highest BCUT2D eigenvalue weighted by Crippen LogP contribution is 2.27. The molecule has 0 unspecified atom stereocenters. The number of fused-ring (bicyclic) bond motifs is 1. The van der Waals surface area contributed by atoms with Gasteiger partial charge in [0.15, 0.2) is 22.4 Å². The number of pyridine rings is 2. The van der Waals surface area contributed by atoms with E-state index in [-0.39, 0.29) is 23.0 Å². The molecule has 1 saturated heterocycles. The van der Waals surface area contributed by atoms with Gasteiger partial charge in [0.05, 0.1) is 5.39 Å². The van der Waals surface area contributed by atoms with Crippen LogP contribution < -0.4 is 16.2 Å². The average Bonchev–Trinajstić information content (AvgIpc) is 3.09. The summed E-state index contributed by atoms with van der Waals surface area (Å²) in [5.74, 6) is 3.02. The number of carboxylic acid groups (broad SMARTS) is 1. The molecule has 1 aliphatic rings. The summed E-state index contributed by atoms with van der Waals surface area (Å²) in [7, 11) is 0. The molecule has 9 nitrogen and oxygen atoms in total. The van der Waals surface area contributed by atoms with Gasteiger partial charge in [-0.3, -0.25) is 14.2 Å². The first kappa shape index (κ1) is 16.6. The lowest BCUT2D eigenvalue weighted by Gasteiger charge is -2.38. The van der Waals surface area contributed by atoms with Crippen molar-refractivity contribution in [2.24, 2.45) is 5.90 Å². The smallest absolute Gasteiger partial charge is 0.341 e. The Hall–Kier alpha value is -2.89. The fourth-order valence-electron chi connectivity index (χ4n) is 2.77. The van der Waals surface area contributed by atoms with E-state index in [1.165, 1.54) is 22.1 Å². The van der Waals surface area contributed by atoms with Crippen LogP contribution in [0.15, 0.2) is 28.6 Å². The van der Waals surface area contributed by atoms with E-state index < -0.39 is 22.8 Å². The van der Waals surface area contributed by atoms with Crippen LogP contribution in [0.4, 0.5) is 10.2 Å². The van der Waals surface area contributed by atoms with Gasteiger partial charge in [-0.05, 0) is 6.07 Å². The monoisotopic (exact) mass is 377 g/mol. The zero-order valence-electron chi connectivity index (χ0n) is 13.1. The number of halogens is 1. The van der Waals surface area contributed by atoms with Crippen LogP contribution in [0.5, 0.6) is 0 Å². The molecule has 0 spiro atoms. The Bertz CT molecular complexity index is 1060. The van der Waals surface area contributed by atoms with Crippen LogP contribution in [-0.4, -0.2) is 44.8 Å². The van der Waals surface area contributed by atoms with Gasteiger partial charge < -0.3 is 10.0 Å². The standard InChI is InChI=1S/C15H12FN5O4S/c16-10-3-8-11(22)9(14(23)24)6-21(15-18-1-2-26-15)12(8)19-13(10)20-4-7(5-20)25-17/h1-3,6-7H,4-5,17H2,(H,23,24). The van der Waals surface area contributed by atoms with Gasteiger partial charge in [0, 0.05) is 30.9 Å². The third-order valence-electron chi connectivity index (χ3n) is 4.11.